The van der Waals surface area contributed by atoms with Gasteiger partial charge in [0, 0.05) is 17.8 Å². The zero-order valence-corrected chi connectivity index (χ0v) is 9.98. The van der Waals surface area contributed by atoms with Gasteiger partial charge in [0.2, 0.25) is 0 Å². The first-order chi connectivity index (χ1) is 8.77. The van der Waals surface area contributed by atoms with E-state index >= 15 is 0 Å². The Morgan fingerprint density at radius 2 is 2.11 bits per heavy atom. The van der Waals surface area contributed by atoms with Gasteiger partial charge < -0.3 is 10.9 Å². The van der Waals surface area contributed by atoms with E-state index < -0.39 is 12.1 Å². The summed E-state index contributed by atoms with van der Waals surface area (Å²) in [6.45, 7) is 2.11. The van der Waals surface area contributed by atoms with E-state index in [2.05, 4.69) is 11.9 Å². The lowest BCUT2D eigenvalue weighted by molar-refractivity contribution is -0.192. The normalized spacial score (nSPS) is 10.9. The number of hydrogen-bond donors (Lipinski definition) is 2. The molecular weight excluding hydrogens is 263 g/mol. The van der Waals surface area contributed by atoms with Crippen LogP contribution >= 0.6 is 0 Å². The number of aromatic nitrogens is 2. The van der Waals surface area contributed by atoms with Crippen LogP contribution < -0.4 is 5.84 Å². The van der Waals surface area contributed by atoms with E-state index in [1.807, 2.05) is 18.3 Å². The summed E-state index contributed by atoms with van der Waals surface area (Å²) in [5, 5.41) is 8.28. The quantitative estimate of drug-likeness (QED) is 0.779. The lowest BCUT2D eigenvalue weighted by Crippen LogP contribution is -2.21. The molecule has 3 N–H and O–H groups in total. The summed E-state index contributed by atoms with van der Waals surface area (Å²) in [5.41, 5.74) is 2.11. The maximum atomic E-state index is 10.6. The highest BCUT2D eigenvalue weighted by Gasteiger charge is 2.38. The molecule has 2 heterocycles. The second kappa shape index (κ2) is 5.59. The van der Waals surface area contributed by atoms with Crippen molar-refractivity contribution < 1.29 is 23.1 Å². The monoisotopic (exact) mass is 275 g/mol. The van der Waals surface area contributed by atoms with Crippen LogP contribution in [0.2, 0.25) is 0 Å². The first-order valence-electron chi connectivity index (χ1n) is 5.27. The largest absolute Gasteiger partial charge is 0.490 e. The maximum Gasteiger partial charge on any atom is 0.490 e. The molecule has 0 spiro atoms. The highest BCUT2D eigenvalue weighted by atomic mass is 19.4. The van der Waals surface area contributed by atoms with E-state index in [4.69, 9.17) is 15.7 Å². The molecule has 0 amide bonds. The third-order valence-electron chi connectivity index (χ3n) is 2.30. The molecule has 104 valence electrons. The molecule has 2 aromatic heterocycles. The average Bonchev–Trinajstić information content (AvgIpc) is 2.66. The van der Waals surface area contributed by atoms with Crippen LogP contribution in [0.15, 0.2) is 24.5 Å². The van der Waals surface area contributed by atoms with E-state index in [-0.39, 0.29) is 0 Å². The summed E-state index contributed by atoms with van der Waals surface area (Å²) < 4.78 is 33.3. The van der Waals surface area contributed by atoms with Crippen LogP contribution in [0.5, 0.6) is 0 Å². The number of hydrogen-bond acceptors (Lipinski definition) is 3. The third kappa shape index (κ3) is 3.60. The van der Waals surface area contributed by atoms with Crippen LogP contribution in [-0.4, -0.2) is 26.9 Å². The van der Waals surface area contributed by atoms with Gasteiger partial charge in [0.1, 0.15) is 0 Å². The molecule has 0 saturated carbocycles. The van der Waals surface area contributed by atoms with E-state index in [1.165, 1.54) is 5.56 Å². The average molecular weight is 275 g/mol. The van der Waals surface area contributed by atoms with Gasteiger partial charge in [-0.15, -0.1) is 0 Å². The smallest absolute Gasteiger partial charge is 0.475 e. The lowest BCUT2D eigenvalue weighted by atomic mass is 10.2. The van der Waals surface area contributed by atoms with Gasteiger partial charge in [0.15, 0.2) is 5.65 Å². The van der Waals surface area contributed by atoms with Crippen molar-refractivity contribution in [2.75, 3.05) is 5.84 Å². The molecule has 0 atom stereocenters. The highest BCUT2D eigenvalue weighted by Crippen LogP contribution is 2.17. The van der Waals surface area contributed by atoms with E-state index in [0.717, 1.165) is 17.5 Å². The summed E-state index contributed by atoms with van der Waals surface area (Å²) in [6.07, 6.45) is -0.408. The molecule has 0 aliphatic heterocycles. The van der Waals surface area contributed by atoms with Gasteiger partial charge in [-0.25, -0.2) is 9.78 Å². The predicted molar refractivity (Wildman–Crippen MR) is 63.0 cm³/mol. The molecule has 19 heavy (non-hydrogen) atoms. The molecular formula is C11H12F3N3O2. The number of carboxylic acid groups (broad SMARTS) is 1. The fraction of sp³-hybridized carbons (Fsp3) is 0.273. The Balaban J connectivity index is 0.000000224. The minimum absolute atomic E-state index is 0.856. The summed E-state index contributed by atoms with van der Waals surface area (Å²) in [6, 6.07) is 3.98. The van der Waals surface area contributed by atoms with Crippen LogP contribution in [-0.2, 0) is 11.2 Å². The number of pyridine rings is 1. The van der Waals surface area contributed by atoms with E-state index in [0.29, 0.717) is 0 Å². The Labute approximate surface area is 106 Å². The van der Waals surface area contributed by atoms with Gasteiger partial charge in [-0.2, -0.15) is 13.2 Å². The fourth-order valence-corrected chi connectivity index (χ4v) is 1.43. The topological polar surface area (TPSA) is 81.1 Å². The van der Waals surface area contributed by atoms with Crippen LogP contribution in [0.25, 0.3) is 11.0 Å². The first-order valence-corrected chi connectivity index (χ1v) is 5.27. The number of nitrogens with two attached hydrogens (primary N) is 1. The van der Waals surface area contributed by atoms with Gasteiger partial charge in [-0.3, -0.25) is 4.68 Å². The Hall–Kier alpha value is -2.25. The van der Waals surface area contributed by atoms with E-state index in [1.54, 1.807) is 10.9 Å². The third-order valence-corrected chi connectivity index (χ3v) is 2.30. The number of nitrogen functional groups attached to an aromatic ring is 1. The van der Waals surface area contributed by atoms with Crippen molar-refractivity contribution in [1.82, 2.24) is 9.66 Å². The molecule has 2 rings (SSSR count). The first kappa shape index (κ1) is 14.8. The van der Waals surface area contributed by atoms with E-state index in [9.17, 15) is 13.2 Å². The van der Waals surface area contributed by atoms with Crippen molar-refractivity contribution in [2.45, 2.75) is 19.5 Å². The standard InChI is InChI=1S/C9H11N3.C2HF3O2/c1-2-7-6-12(10)9-8(7)4-3-5-11-9;3-2(4,5)1(6)7/h3-6H,2,10H2,1H3;(H,6,7). The molecule has 0 unspecified atom stereocenters. The maximum absolute atomic E-state index is 10.6. The Morgan fingerprint density at radius 1 is 1.53 bits per heavy atom. The van der Waals surface area contributed by atoms with Crippen molar-refractivity contribution in [3.05, 3.63) is 30.1 Å². The van der Waals surface area contributed by atoms with Crippen molar-refractivity contribution >= 4 is 17.0 Å². The second-order valence-electron chi connectivity index (χ2n) is 3.59. The number of aryl methyl sites for hydroxylation is 1. The lowest BCUT2D eigenvalue weighted by Gasteiger charge is -1.93. The van der Waals surface area contributed by atoms with Crippen LogP contribution in [0.1, 0.15) is 12.5 Å². The zero-order chi connectivity index (χ0) is 14.6. The van der Waals surface area contributed by atoms with Gasteiger partial charge in [-0.1, -0.05) is 6.92 Å². The number of aliphatic carboxylic acids is 1. The molecule has 8 heteroatoms. The molecule has 0 bridgehead atoms. The molecule has 5 nitrogen and oxygen atoms in total. The number of carboxylic acids is 1. The predicted octanol–water partition coefficient (Wildman–Crippen LogP) is 1.95. The number of fused-ring (bicyclic) bond motifs is 1. The van der Waals surface area contributed by atoms with Crippen molar-refractivity contribution in [3.63, 3.8) is 0 Å². The van der Waals surface area contributed by atoms with Crippen molar-refractivity contribution in [2.24, 2.45) is 0 Å². The fourth-order valence-electron chi connectivity index (χ4n) is 1.43. The molecule has 0 aliphatic rings. The molecule has 0 fully saturated rings. The van der Waals surface area contributed by atoms with Gasteiger partial charge in [-0.05, 0) is 24.1 Å². The Morgan fingerprint density at radius 3 is 2.58 bits per heavy atom. The Kier molecular flexibility index (Phi) is 4.36. The minimum atomic E-state index is -5.08. The number of halogens is 3. The van der Waals surface area contributed by atoms with Crippen LogP contribution in [0, 0.1) is 0 Å². The minimum Gasteiger partial charge on any atom is -0.475 e. The van der Waals surface area contributed by atoms with Crippen molar-refractivity contribution in [3.8, 4) is 0 Å². The molecule has 0 radical (unpaired) electrons. The van der Waals surface area contributed by atoms with Gasteiger partial charge in [0.05, 0.1) is 0 Å². The summed E-state index contributed by atoms with van der Waals surface area (Å²) in [4.78, 5) is 13.1. The highest BCUT2D eigenvalue weighted by molar-refractivity contribution is 5.80. The number of alkyl halides is 3. The number of rotatable bonds is 1. The zero-order valence-electron chi connectivity index (χ0n) is 9.98. The van der Waals surface area contributed by atoms with Crippen molar-refractivity contribution in [1.29, 1.82) is 0 Å². The molecule has 2 aromatic rings. The van der Waals surface area contributed by atoms with Crippen LogP contribution in [0.3, 0.4) is 0 Å². The molecule has 0 aliphatic carbocycles. The summed E-state index contributed by atoms with van der Waals surface area (Å²) >= 11 is 0. The SMILES string of the molecule is CCc1cn(N)c2ncccc12.O=C(O)C(F)(F)F. The number of carbonyl (C=O) groups is 1. The second-order valence-corrected chi connectivity index (χ2v) is 3.59. The summed E-state index contributed by atoms with van der Waals surface area (Å²) in [7, 11) is 0. The van der Waals surface area contributed by atoms with Gasteiger partial charge in [0.25, 0.3) is 0 Å². The molecule has 0 aromatic carbocycles. The van der Waals surface area contributed by atoms with Crippen LogP contribution in [0.4, 0.5) is 13.2 Å². The Bertz CT molecular complexity index is 578. The van der Waals surface area contributed by atoms with Gasteiger partial charge >= 0.3 is 12.1 Å². The number of nitrogens with zero attached hydrogens (tertiary/aromatic N) is 2. The molecule has 0 saturated heterocycles. The summed E-state index contributed by atoms with van der Waals surface area (Å²) in [5.74, 6) is 2.95.